The van der Waals surface area contributed by atoms with Crippen LogP contribution in [-0.2, 0) is 4.79 Å². The fourth-order valence-corrected chi connectivity index (χ4v) is 3.61. The first-order chi connectivity index (χ1) is 13.1. The molecule has 1 aromatic heterocycles. The summed E-state index contributed by atoms with van der Waals surface area (Å²) in [5.74, 6) is 0.976. The largest absolute Gasteiger partial charge is 0.497 e. The van der Waals surface area contributed by atoms with E-state index < -0.39 is 0 Å². The maximum atomic E-state index is 12.3. The number of aromatic nitrogens is 2. The Labute approximate surface area is 167 Å². The monoisotopic (exact) mass is 401 g/mol. The molecule has 1 atom stereocenters. The molecule has 27 heavy (non-hydrogen) atoms. The number of methoxy groups -OCH3 is 1. The highest BCUT2D eigenvalue weighted by molar-refractivity contribution is 7.99. The molecule has 0 aliphatic carbocycles. The van der Waals surface area contributed by atoms with Crippen LogP contribution in [0.4, 0.5) is 0 Å². The van der Waals surface area contributed by atoms with Crippen molar-refractivity contribution in [1.82, 2.24) is 14.9 Å². The highest BCUT2D eigenvalue weighted by atomic mass is 35.5. The predicted molar refractivity (Wildman–Crippen MR) is 109 cm³/mol. The second-order valence-corrected chi connectivity index (χ2v) is 7.29. The van der Waals surface area contributed by atoms with Gasteiger partial charge in [-0.2, -0.15) is 0 Å². The number of amides is 1. The number of carbonyl (C=O) groups excluding carboxylic acids is 1. The number of carbonyl (C=O) groups is 1. The van der Waals surface area contributed by atoms with Gasteiger partial charge in [0.2, 0.25) is 5.91 Å². The number of nitrogens with zero attached hydrogens (tertiary/aromatic N) is 2. The molecule has 0 fully saturated rings. The first kappa shape index (κ1) is 19.3. The third kappa shape index (κ3) is 5.05. The molecule has 0 aliphatic rings. The van der Waals surface area contributed by atoms with Crippen LogP contribution in [0.3, 0.4) is 0 Å². The molecule has 0 radical (unpaired) electrons. The lowest BCUT2D eigenvalue weighted by Crippen LogP contribution is -2.28. The number of nitrogens with one attached hydrogen (secondary N) is 1. The van der Waals surface area contributed by atoms with Crippen molar-refractivity contribution in [1.29, 1.82) is 0 Å². The van der Waals surface area contributed by atoms with Gasteiger partial charge >= 0.3 is 0 Å². The maximum Gasteiger partial charge on any atom is 0.230 e. The minimum Gasteiger partial charge on any atom is -0.497 e. The van der Waals surface area contributed by atoms with Gasteiger partial charge in [-0.05, 0) is 36.8 Å². The normalized spacial score (nSPS) is 11.8. The van der Waals surface area contributed by atoms with Gasteiger partial charge in [0.05, 0.1) is 24.6 Å². The summed E-state index contributed by atoms with van der Waals surface area (Å²) in [6.07, 6.45) is 3.58. The van der Waals surface area contributed by atoms with E-state index in [1.807, 2.05) is 66.2 Å². The van der Waals surface area contributed by atoms with E-state index in [2.05, 4.69) is 10.3 Å². The van der Waals surface area contributed by atoms with Gasteiger partial charge in [-0.1, -0.05) is 41.6 Å². The molecule has 0 unspecified atom stereocenters. The summed E-state index contributed by atoms with van der Waals surface area (Å²) in [7, 11) is 1.63. The van der Waals surface area contributed by atoms with Gasteiger partial charge in [0.1, 0.15) is 5.75 Å². The van der Waals surface area contributed by atoms with Gasteiger partial charge in [-0.15, -0.1) is 0 Å². The van der Waals surface area contributed by atoms with E-state index in [1.54, 1.807) is 13.3 Å². The van der Waals surface area contributed by atoms with Gasteiger partial charge in [0.15, 0.2) is 5.16 Å². The molecule has 3 rings (SSSR count). The lowest BCUT2D eigenvalue weighted by Gasteiger charge is -2.14. The van der Waals surface area contributed by atoms with E-state index in [0.717, 1.165) is 22.2 Å². The summed E-state index contributed by atoms with van der Waals surface area (Å²) >= 11 is 7.40. The van der Waals surface area contributed by atoms with Crippen molar-refractivity contribution in [3.8, 4) is 11.4 Å². The Balaban J connectivity index is 1.62. The molecule has 5 nitrogen and oxygen atoms in total. The Morgan fingerprint density at radius 2 is 2.11 bits per heavy atom. The molecule has 1 amide bonds. The zero-order valence-corrected chi connectivity index (χ0v) is 16.6. The Morgan fingerprint density at radius 1 is 1.30 bits per heavy atom. The summed E-state index contributed by atoms with van der Waals surface area (Å²) in [5, 5.41) is 4.39. The van der Waals surface area contributed by atoms with E-state index in [0.29, 0.717) is 5.02 Å². The molecule has 2 aromatic carbocycles. The second-order valence-electron chi connectivity index (χ2n) is 5.91. The zero-order valence-electron chi connectivity index (χ0n) is 15.1. The van der Waals surface area contributed by atoms with Gasteiger partial charge in [0.25, 0.3) is 0 Å². The lowest BCUT2D eigenvalue weighted by atomic mass is 10.1. The van der Waals surface area contributed by atoms with E-state index in [-0.39, 0.29) is 17.7 Å². The third-order valence-corrected chi connectivity index (χ3v) is 5.20. The van der Waals surface area contributed by atoms with Crippen LogP contribution in [0.1, 0.15) is 18.5 Å². The molecule has 0 spiro atoms. The molecule has 7 heteroatoms. The molecule has 3 aromatic rings. The first-order valence-corrected chi connectivity index (χ1v) is 9.78. The van der Waals surface area contributed by atoms with Crippen LogP contribution in [0, 0.1) is 0 Å². The van der Waals surface area contributed by atoms with Crippen LogP contribution in [-0.4, -0.2) is 28.3 Å². The number of halogens is 1. The molecule has 1 N–H and O–H groups in total. The number of hydrogen-bond donors (Lipinski definition) is 1. The number of benzene rings is 2. The summed E-state index contributed by atoms with van der Waals surface area (Å²) in [6.45, 7) is 1.94. The fourth-order valence-electron chi connectivity index (χ4n) is 2.63. The minimum atomic E-state index is -0.116. The Bertz CT molecular complexity index is 929. The zero-order chi connectivity index (χ0) is 19.2. The van der Waals surface area contributed by atoms with Crippen molar-refractivity contribution in [2.45, 2.75) is 18.1 Å². The highest BCUT2D eigenvalue weighted by Gasteiger charge is 2.13. The Morgan fingerprint density at radius 3 is 2.89 bits per heavy atom. The molecule has 1 heterocycles. The van der Waals surface area contributed by atoms with Gasteiger partial charge in [-0.25, -0.2) is 4.98 Å². The number of imidazole rings is 1. The number of ether oxygens (including phenoxy) is 1. The summed E-state index contributed by atoms with van der Waals surface area (Å²) in [6, 6.07) is 15.1. The number of hydrogen-bond acceptors (Lipinski definition) is 4. The van der Waals surface area contributed by atoms with E-state index in [4.69, 9.17) is 16.3 Å². The van der Waals surface area contributed by atoms with Crippen molar-refractivity contribution in [3.05, 3.63) is 71.5 Å². The van der Waals surface area contributed by atoms with E-state index in [1.165, 1.54) is 11.8 Å². The summed E-state index contributed by atoms with van der Waals surface area (Å²) < 4.78 is 7.20. The molecule has 140 valence electrons. The van der Waals surface area contributed by atoms with Gasteiger partial charge in [0, 0.05) is 23.5 Å². The average molecular weight is 402 g/mol. The van der Waals surface area contributed by atoms with Crippen molar-refractivity contribution < 1.29 is 9.53 Å². The number of rotatable bonds is 7. The van der Waals surface area contributed by atoms with Crippen LogP contribution in [0.25, 0.3) is 5.69 Å². The molecular formula is C20H20ClN3O2S. The maximum absolute atomic E-state index is 12.3. The topological polar surface area (TPSA) is 56.2 Å². The van der Waals surface area contributed by atoms with Crippen molar-refractivity contribution in [2.24, 2.45) is 0 Å². The Hall–Kier alpha value is -2.44. The summed E-state index contributed by atoms with van der Waals surface area (Å²) in [4.78, 5) is 16.7. The molecule has 0 aliphatic heterocycles. The van der Waals surface area contributed by atoms with Crippen molar-refractivity contribution >= 4 is 29.3 Å². The van der Waals surface area contributed by atoms with Crippen LogP contribution >= 0.6 is 23.4 Å². The second kappa shape index (κ2) is 8.97. The summed E-state index contributed by atoms with van der Waals surface area (Å²) in [5.41, 5.74) is 1.90. The molecular weight excluding hydrogens is 382 g/mol. The minimum absolute atomic E-state index is 0.0623. The van der Waals surface area contributed by atoms with Crippen molar-refractivity contribution in [3.63, 3.8) is 0 Å². The van der Waals surface area contributed by atoms with Crippen LogP contribution in [0.2, 0.25) is 5.02 Å². The Kier molecular flexibility index (Phi) is 6.42. The highest BCUT2D eigenvalue weighted by Crippen LogP contribution is 2.23. The third-order valence-electron chi connectivity index (χ3n) is 4.00. The van der Waals surface area contributed by atoms with Gasteiger partial charge < -0.3 is 10.1 Å². The average Bonchev–Trinajstić information content (AvgIpc) is 3.15. The fraction of sp³-hybridized carbons (Fsp3) is 0.200. The SMILES string of the molecule is COc1cccc(-n2ccnc2SCC(=O)N[C@H](C)c2cccc(Cl)c2)c1. The van der Waals surface area contributed by atoms with Gasteiger partial charge in [-0.3, -0.25) is 9.36 Å². The standard InChI is InChI=1S/C20H20ClN3O2S/c1-14(15-5-3-6-16(21)11-15)23-19(25)13-27-20-22-9-10-24(20)17-7-4-8-18(12-17)26-2/h3-12,14H,13H2,1-2H3,(H,23,25)/t14-/m1/s1. The van der Waals surface area contributed by atoms with Crippen LogP contribution in [0.15, 0.2) is 66.1 Å². The van der Waals surface area contributed by atoms with E-state index in [9.17, 15) is 4.79 Å². The van der Waals surface area contributed by atoms with Crippen molar-refractivity contribution in [2.75, 3.05) is 12.9 Å². The number of thioether (sulfide) groups is 1. The predicted octanol–water partition coefficient (Wildman–Crippen LogP) is 4.50. The van der Waals surface area contributed by atoms with Crippen LogP contribution < -0.4 is 10.1 Å². The molecule has 0 bridgehead atoms. The lowest BCUT2D eigenvalue weighted by molar-refractivity contribution is -0.119. The van der Waals surface area contributed by atoms with Crippen LogP contribution in [0.5, 0.6) is 5.75 Å². The molecule has 0 saturated heterocycles. The first-order valence-electron chi connectivity index (χ1n) is 8.42. The smallest absolute Gasteiger partial charge is 0.230 e. The quantitative estimate of drug-likeness (QED) is 0.592. The van der Waals surface area contributed by atoms with E-state index >= 15 is 0 Å². The molecule has 0 saturated carbocycles.